The Morgan fingerprint density at radius 2 is 1.42 bits per heavy atom. The second-order valence-corrected chi connectivity index (χ2v) is 5.54. The van der Waals surface area contributed by atoms with Gasteiger partial charge in [0, 0.05) is 6.42 Å². The van der Waals surface area contributed by atoms with Crippen LogP contribution in [0.3, 0.4) is 0 Å². The van der Waals surface area contributed by atoms with E-state index in [0.717, 1.165) is 32.1 Å². The van der Waals surface area contributed by atoms with E-state index in [2.05, 4.69) is 13.8 Å². The second-order valence-electron chi connectivity index (χ2n) is 5.54. The first-order valence-electron chi connectivity index (χ1n) is 7.87. The molecule has 0 aromatic heterocycles. The predicted molar refractivity (Wildman–Crippen MR) is 74.5 cm³/mol. The van der Waals surface area contributed by atoms with Crippen LogP contribution >= 0.6 is 0 Å². The topological polar surface area (TPSA) is 62.2 Å². The van der Waals surface area contributed by atoms with Gasteiger partial charge in [0.25, 0.3) is 5.79 Å². The van der Waals surface area contributed by atoms with Gasteiger partial charge in [0.1, 0.15) is 0 Å². The van der Waals surface area contributed by atoms with E-state index in [1.54, 1.807) is 0 Å². The molecule has 2 unspecified atom stereocenters. The van der Waals surface area contributed by atoms with E-state index in [1.165, 1.54) is 25.7 Å². The number of unbranched alkanes of at least 4 members (excludes halogenated alkanes) is 7. The largest absolute Gasteiger partial charge is 0.359 e. The quantitative estimate of drug-likeness (QED) is 0.325. The molecule has 114 valence electrons. The smallest absolute Gasteiger partial charge is 0.340 e. The average molecular weight is 274 g/mol. The molecule has 4 heteroatoms. The van der Waals surface area contributed by atoms with Crippen molar-refractivity contribution in [2.24, 2.45) is 0 Å². The SMILES string of the molecule is CCCCCCCCC1(O)OC1(O)OCCCCC. The first-order chi connectivity index (χ1) is 9.08. The third-order valence-electron chi connectivity index (χ3n) is 3.67. The Bertz CT molecular complexity index is 246. The van der Waals surface area contributed by atoms with Crippen molar-refractivity contribution in [1.82, 2.24) is 0 Å². The lowest BCUT2D eigenvalue weighted by molar-refractivity contribution is -0.204. The maximum Gasteiger partial charge on any atom is 0.340 e. The summed E-state index contributed by atoms with van der Waals surface area (Å²) in [5.74, 6) is -3.21. The molecule has 2 atom stereocenters. The highest BCUT2D eigenvalue weighted by molar-refractivity contribution is 4.93. The number of epoxide rings is 1. The molecule has 1 rings (SSSR count). The van der Waals surface area contributed by atoms with Crippen LogP contribution < -0.4 is 0 Å². The highest BCUT2D eigenvalue weighted by Crippen LogP contribution is 2.48. The number of aliphatic hydroxyl groups is 2. The minimum absolute atomic E-state index is 0.434. The number of ether oxygens (including phenoxy) is 2. The van der Waals surface area contributed by atoms with Gasteiger partial charge in [-0.25, -0.2) is 0 Å². The molecule has 0 saturated carbocycles. The molecule has 1 fully saturated rings. The molecule has 1 aliphatic heterocycles. The molecular weight excluding hydrogens is 244 g/mol. The van der Waals surface area contributed by atoms with Gasteiger partial charge in [-0.3, -0.25) is 4.74 Å². The number of rotatable bonds is 12. The molecule has 0 amide bonds. The maximum absolute atomic E-state index is 10.0. The zero-order valence-corrected chi connectivity index (χ0v) is 12.5. The molecule has 1 saturated heterocycles. The molecule has 0 spiro atoms. The zero-order valence-electron chi connectivity index (χ0n) is 12.5. The molecule has 0 aliphatic carbocycles. The summed E-state index contributed by atoms with van der Waals surface area (Å²) in [7, 11) is 0. The highest BCUT2D eigenvalue weighted by Gasteiger charge is 2.71. The first kappa shape index (κ1) is 16.9. The molecule has 0 aromatic rings. The molecular formula is C15H30O4. The van der Waals surface area contributed by atoms with E-state index >= 15 is 0 Å². The van der Waals surface area contributed by atoms with Crippen molar-refractivity contribution < 1.29 is 19.7 Å². The van der Waals surface area contributed by atoms with Crippen LogP contribution in [0.15, 0.2) is 0 Å². The van der Waals surface area contributed by atoms with Crippen molar-refractivity contribution in [2.45, 2.75) is 89.8 Å². The lowest BCUT2D eigenvalue weighted by Crippen LogP contribution is -2.29. The van der Waals surface area contributed by atoms with E-state index in [-0.39, 0.29) is 0 Å². The maximum atomic E-state index is 10.0. The summed E-state index contributed by atoms with van der Waals surface area (Å²) < 4.78 is 10.2. The van der Waals surface area contributed by atoms with Gasteiger partial charge in [0.15, 0.2) is 0 Å². The van der Waals surface area contributed by atoms with Gasteiger partial charge >= 0.3 is 5.97 Å². The van der Waals surface area contributed by atoms with Crippen LogP contribution in [0.2, 0.25) is 0 Å². The van der Waals surface area contributed by atoms with E-state index in [4.69, 9.17) is 9.47 Å². The van der Waals surface area contributed by atoms with Crippen molar-refractivity contribution >= 4 is 0 Å². The number of hydrogen-bond acceptors (Lipinski definition) is 4. The fraction of sp³-hybridized carbons (Fsp3) is 1.00. The molecule has 0 radical (unpaired) electrons. The second kappa shape index (κ2) is 8.20. The normalized spacial score (nSPS) is 29.7. The van der Waals surface area contributed by atoms with Crippen molar-refractivity contribution in [2.75, 3.05) is 6.61 Å². The van der Waals surface area contributed by atoms with Crippen LogP contribution in [-0.2, 0) is 9.47 Å². The van der Waals surface area contributed by atoms with Crippen LogP contribution in [0.5, 0.6) is 0 Å². The molecule has 4 nitrogen and oxygen atoms in total. The summed E-state index contributed by atoms with van der Waals surface area (Å²) >= 11 is 0. The first-order valence-corrected chi connectivity index (χ1v) is 7.87. The minimum atomic E-state index is -1.75. The Kier molecular flexibility index (Phi) is 7.29. The van der Waals surface area contributed by atoms with Gasteiger partial charge in [0.05, 0.1) is 6.61 Å². The molecule has 19 heavy (non-hydrogen) atoms. The predicted octanol–water partition coefficient (Wildman–Crippen LogP) is 3.31. The number of hydrogen-bond donors (Lipinski definition) is 2. The zero-order chi connectivity index (χ0) is 14.2. The summed E-state index contributed by atoms with van der Waals surface area (Å²) in [5, 5.41) is 19.9. The van der Waals surface area contributed by atoms with Crippen molar-refractivity contribution in [1.29, 1.82) is 0 Å². The Labute approximate surface area is 117 Å². The fourth-order valence-electron chi connectivity index (χ4n) is 2.26. The minimum Gasteiger partial charge on any atom is -0.359 e. The molecule has 1 aliphatic rings. The van der Waals surface area contributed by atoms with Gasteiger partial charge in [-0.05, 0) is 12.8 Å². The monoisotopic (exact) mass is 274 g/mol. The van der Waals surface area contributed by atoms with Crippen molar-refractivity contribution in [3.05, 3.63) is 0 Å². The summed E-state index contributed by atoms with van der Waals surface area (Å²) in [6.45, 7) is 4.73. The Morgan fingerprint density at radius 1 is 0.842 bits per heavy atom. The van der Waals surface area contributed by atoms with E-state index in [9.17, 15) is 10.2 Å². The van der Waals surface area contributed by atoms with Crippen LogP contribution in [-0.4, -0.2) is 28.6 Å². The summed E-state index contributed by atoms with van der Waals surface area (Å²) in [6, 6.07) is 0. The molecule has 0 bridgehead atoms. The van der Waals surface area contributed by atoms with Gasteiger partial charge in [-0.15, -0.1) is 0 Å². The van der Waals surface area contributed by atoms with E-state index in [0.29, 0.717) is 13.0 Å². The van der Waals surface area contributed by atoms with E-state index in [1.807, 2.05) is 0 Å². The lowest BCUT2D eigenvalue weighted by atomic mass is 10.1. The Balaban J connectivity index is 2.06. The standard InChI is InChI=1S/C15H30O4/c1-3-5-7-8-9-10-12-14(16)15(17,19-14)18-13-11-6-4-2/h16-17H,3-13H2,1-2H3. The molecule has 1 heterocycles. The third-order valence-corrected chi connectivity index (χ3v) is 3.67. The average Bonchev–Trinajstić information content (AvgIpc) is 2.92. The fourth-order valence-corrected chi connectivity index (χ4v) is 2.26. The van der Waals surface area contributed by atoms with Gasteiger partial charge < -0.3 is 14.9 Å². The summed E-state index contributed by atoms with van der Waals surface area (Å²) in [4.78, 5) is 0. The van der Waals surface area contributed by atoms with E-state index < -0.39 is 11.8 Å². The van der Waals surface area contributed by atoms with Crippen LogP contribution in [0.25, 0.3) is 0 Å². The van der Waals surface area contributed by atoms with Crippen LogP contribution in [0.1, 0.15) is 78.1 Å². The van der Waals surface area contributed by atoms with Crippen LogP contribution in [0.4, 0.5) is 0 Å². The van der Waals surface area contributed by atoms with Gasteiger partial charge in [-0.2, -0.15) is 0 Å². The van der Waals surface area contributed by atoms with Crippen molar-refractivity contribution in [3.8, 4) is 0 Å². The molecule has 0 aromatic carbocycles. The van der Waals surface area contributed by atoms with Gasteiger partial charge in [0.2, 0.25) is 0 Å². The highest BCUT2D eigenvalue weighted by atomic mass is 17.0. The summed E-state index contributed by atoms with van der Waals surface area (Å²) in [5.41, 5.74) is 0. The summed E-state index contributed by atoms with van der Waals surface area (Å²) in [6.07, 6.45) is 10.4. The Morgan fingerprint density at radius 3 is 2.11 bits per heavy atom. The van der Waals surface area contributed by atoms with Crippen molar-refractivity contribution in [3.63, 3.8) is 0 Å². The Hall–Kier alpha value is -0.160. The van der Waals surface area contributed by atoms with Gasteiger partial charge in [-0.1, -0.05) is 58.8 Å². The lowest BCUT2D eigenvalue weighted by Gasteiger charge is -2.11. The molecule has 2 N–H and O–H groups in total. The van der Waals surface area contributed by atoms with Crippen LogP contribution in [0, 0.1) is 0 Å². The third kappa shape index (κ3) is 5.38.